The molecule has 0 aliphatic rings. The van der Waals surface area contributed by atoms with E-state index in [-0.39, 0.29) is 12.5 Å². The zero-order valence-electron chi connectivity index (χ0n) is 10.3. The van der Waals surface area contributed by atoms with Gasteiger partial charge in [-0.05, 0) is 19.9 Å². The number of likely N-dealkylation sites (N-methyl/N-ethyl adjacent to an activating group) is 1. The molecule has 0 spiro atoms. The lowest BCUT2D eigenvalue weighted by Crippen LogP contribution is -2.34. The standard InChI is InChI=1S/C11H19N3O3/c1-3-14(5-4-6-15)8-11(16)12-10-7-9(2)17-13-10/h7,15H,3-6,8H2,1-2H3,(H,12,13,16). The average molecular weight is 241 g/mol. The van der Waals surface area contributed by atoms with Crippen molar-refractivity contribution in [3.8, 4) is 0 Å². The minimum Gasteiger partial charge on any atom is -0.396 e. The number of rotatable bonds is 7. The molecule has 1 rings (SSSR count). The maximum atomic E-state index is 11.7. The second kappa shape index (κ2) is 7.03. The summed E-state index contributed by atoms with van der Waals surface area (Å²) < 4.78 is 4.85. The Bertz CT molecular complexity index is 351. The summed E-state index contributed by atoms with van der Waals surface area (Å²) in [4.78, 5) is 13.6. The maximum absolute atomic E-state index is 11.7. The van der Waals surface area contributed by atoms with E-state index in [1.54, 1.807) is 13.0 Å². The predicted molar refractivity (Wildman–Crippen MR) is 63.7 cm³/mol. The zero-order valence-corrected chi connectivity index (χ0v) is 10.3. The fraction of sp³-hybridized carbons (Fsp3) is 0.636. The number of anilines is 1. The molecule has 2 N–H and O–H groups in total. The Kier molecular flexibility index (Phi) is 5.65. The number of aliphatic hydroxyl groups excluding tert-OH is 1. The van der Waals surface area contributed by atoms with E-state index in [4.69, 9.17) is 9.63 Å². The number of hydrogen-bond acceptors (Lipinski definition) is 5. The van der Waals surface area contributed by atoms with Crippen LogP contribution in [0.25, 0.3) is 0 Å². The molecular formula is C11H19N3O3. The van der Waals surface area contributed by atoms with Crippen molar-refractivity contribution in [2.75, 3.05) is 31.6 Å². The van der Waals surface area contributed by atoms with E-state index in [1.807, 2.05) is 11.8 Å². The first-order valence-electron chi connectivity index (χ1n) is 5.72. The minimum absolute atomic E-state index is 0.127. The lowest BCUT2D eigenvalue weighted by atomic mass is 10.3. The lowest BCUT2D eigenvalue weighted by Gasteiger charge is -2.18. The van der Waals surface area contributed by atoms with Gasteiger partial charge in [-0.15, -0.1) is 0 Å². The summed E-state index contributed by atoms with van der Waals surface area (Å²) in [5.74, 6) is 0.969. The van der Waals surface area contributed by atoms with Crippen molar-refractivity contribution < 1.29 is 14.4 Å². The van der Waals surface area contributed by atoms with Gasteiger partial charge in [0.1, 0.15) is 5.76 Å². The Labute approximate surface area is 101 Å². The van der Waals surface area contributed by atoms with Crippen molar-refractivity contribution in [3.63, 3.8) is 0 Å². The van der Waals surface area contributed by atoms with Crippen LogP contribution in [0.2, 0.25) is 0 Å². The van der Waals surface area contributed by atoms with Crippen LogP contribution >= 0.6 is 0 Å². The van der Waals surface area contributed by atoms with Crippen LogP contribution in [0.5, 0.6) is 0 Å². The number of carbonyl (C=O) groups excluding carboxylic acids is 1. The van der Waals surface area contributed by atoms with E-state index in [2.05, 4.69) is 10.5 Å². The molecule has 0 atom stereocenters. The predicted octanol–water partition coefficient (Wildman–Crippen LogP) is 0.626. The Hall–Kier alpha value is -1.40. The Morgan fingerprint density at radius 3 is 2.94 bits per heavy atom. The molecule has 0 unspecified atom stereocenters. The van der Waals surface area contributed by atoms with Crippen LogP contribution in [-0.4, -0.2) is 47.3 Å². The summed E-state index contributed by atoms with van der Waals surface area (Å²) in [5, 5.41) is 15.1. The molecule has 0 fully saturated rings. The topological polar surface area (TPSA) is 78.6 Å². The SMILES string of the molecule is CCN(CCCO)CC(=O)Nc1cc(C)on1. The lowest BCUT2D eigenvalue weighted by molar-refractivity contribution is -0.117. The molecule has 96 valence electrons. The van der Waals surface area contributed by atoms with Gasteiger partial charge in [0.25, 0.3) is 0 Å². The van der Waals surface area contributed by atoms with E-state index >= 15 is 0 Å². The molecule has 17 heavy (non-hydrogen) atoms. The highest BCUT2D eigenvalue weighted by Gasteiger charge is 2.10. The van der Waals surface area contributed by atoms with Gasteiger partial charge in [0, 0.05) is 19.2 Å². The molecule has 0 saturated carbocycles. The number of aliphatic hydroxyl groups is 1. The first kappa shape index (κ1) is 13.7. The summed E-state index contributed by atoms with van der Waals surface area (Å²) in [6.07, 6.45) is 0.671. The Morgan fingerprint density at radius 2 is 2.41 bits per heavy atom. The molecule has 0 aliphatic carbocycles. The monoisotopic (exact) mass is 241 g/mol. The van der Waals surface area contributed by atoms with E-state index in [9.17, 15) is 4.79 Å². The molecule has 1 amide bonds. The third-order valence-electron chi connectivity index (χ3n) is 2.34. The first-order chi connectivity index (χ1) is 8.15. The molecule has 0 saturated heterocycles. The van der Waals surface area contributed by atoms with Crippen molar-refractivity contribution in [2.45, 2.75) is 20.3 Å². The summed E-state index contributed by atoms with van der Waals surface area (Å²) in [5.41, 5.74) is 0. The number of carbonyl (C=O) groups is 1. The molecule has 0 bridgehead atoms. The molecular weight excluding hydrogens is 222 g/mol. The van der Waals surface area contributed by atoms with Gasteiger partial charge in [-0.2, -0.15) is 0 Å². The Balaban J connectivity index is 2.37. The van der Waals surface area contributed by atoms with Crippen molar-refractivity contribution >= 4 is 11.7 Å². The van der Waals surface area contributed by atoms with E-state index in [0.717, 1.165) is 6.54 Å². The molecule has 1 aromatic rings. The number of aryl methyl sites for hydroxylation is 1. The average Bonchev–Trinajstić information content (AvgIpc) is 2.69. The number of nitrogens with one attached hydrogen (secondary N) is 1. The highest BCUT2D eigenvalue weighted by molar-refractivity contribution is 5.91. The molecule has 0 aliphatic heterocycles. The van der Waals surface area contributed by atoms with Crippen LogP contribution < -0.4 is 5.32 Å². The number of nitrogens with zero attached hydrogens (tertiary/aromatic N) is 2. The third kappa shape index (κ3) is 4.97. The Morgan fingerprint density at radius 1 is 1.65 bits per heavy atom. The zero-order chi connectivity index (χ0) is 12.7. The largest absolute Gasteiger partial charge is 0.396 e. The first-order valence-corrected chi connectivity index (χ1v) is 5.72. The van der Waals surface area contributed by atoms with E-state index in [1.165, 1.54) is 0 Å². The van der Waals surface area contributed by atoms with Crippen LogP contribution in [0.1, 0.15) is 19.1 Å². The number of aromatic nitrogens is 1. The normalized spacial score (nSPS) is 10.8. The van der Waals surface area contributed by atoms with Gasteiger partial charge in [0.2, 0.25) is 5.91 Å². The van der Waals surface area contributed by atoms with Crippen LogP contribution in [0.4, 0.5) is 5.82 Å². The summed E-state index contributed by atoms with van der Waals surface area (Å²) in [6, 6.07) is 1.67. The van der Waals surface area contributed by atoms with Crippen molar-refractivity contribution in [3.05, 3.63) is 11.8 Å². The second-order valence-corrected chi connectivity index (χ2v) is 3.82. The highest BCUT2D eigenvalue weighted by atomic mass is 16.5. The van der Waals surface area contributed by atoms with Crippen LogP contribution in [0, 0.1) is 6.92 Å². The molecule has 0 aromatic carbocycles. The van der Waals surface area contributed by atoms with Gasteiger partial charge in [0.15, 0.2) is 5.82 Å². The van der Waals surface area contributed by atoms with E-state index in [0.29, 0.717) is 31.1 Å². The summed E-state index contributed by atoms with van der Waals surface area (Å²) in [6.45, 7) is 5.65. The van der Waals surface area contributed by atoms with Gasteiger partial charge in [0.05, 0.1) is 6.54 Å². The van der Waals surface area contributed by atoms with Crippen LogP contribution in [0.3, 0.4) is 0 Å². The quantitative estimate of drug-likeness (QED) is 0.732. The smallest absolute Gasteiger partial charge is 0.239 e. The molecule has 1 aromatic heterocycles. The summed E-state index contributed by atoms with van der Waals surface area (Å²) >= 11 is 0. The third-order valence-corrected chi connectivity index (χ3v) is 2.34. The van der Waals surface area contributed by atoms with Crippen LogP contribution in [0.15, 0.2) is 10.6 Å². The fourth-order valence-electron chi connectivity index (χ4n) is 1.45. The van der Waals surface area contributed by atoms with Gasteiger partial charge in [-0.1, -0.05) is 12.1 Å². The number of amides is 1. The fourth-order valence-corrected chi connectivity index (χ4v) is 1.45. The van der Waals surface area contributed by atoms with Crippen LogP contribution in [-0.2, 0) is 4.79 Å². The number of hydrogen-bond donors (Lipinski definition) is 2. The molecule has 6 heteroatoms. The van der Waals surface area contributed by atoms with Gasteiger partial charge < -0.3 is 14.9 Å². The minimum atomic E-state index is -0.127. The highest BCUT2D eigenvalue weighted by Crippen LogP contribution is 2.06. The van der Waals surface area contributed by atoms with Gasteiger partial charge in [-0.3, -0.25) is 9.69 Å². The van der Waals surface area contributed by atoms with Gasteiger partial charge >= 0.3 is 0 Å². The summed E-state index contributed by atoms with van der Waals surface area (Å²) in [7, 11) is 0. The second-order valence-electron chi connectivity index (χ2n) is 3.82. The molecule has 0 radical (unpaired) electrons. The van der Waals surface area contributed by atoms with E-state index < -0.39 is 0 Å². The maximum Gasteiger partial charge on any atom is 0.239 e. The molecule has 6 nitrogen and oxygen atoms in total. The molecule has 1 heterocycles. The van der Waals surface area contributed by atoms with Gasteiger partial charge in [-0.25, -0.2) is 0 Å². The van der Waals surface area contributed by atoms with Crippen molar-refractivity contribution in [1.82, 2.24) is 10.1 Å². The van der Waals surface area contributed by atoms with Crippen molar-refractivity contribution in [2.24, 2.45) is 0 Å². The van der Waals surface area contributed by atoms with Crippen molar-refractivity contribution in [1.29, 1.82) is 0 Å².